The summed E-state index contributed by atoms with van der Waals surface area (Å²) in [7, 11) is 0. The molecule has 0 saturated heterocycles. The molecule has 2 aromatic carbocycles. The molecule has 0 aliphatic carbocycles. The van der Waals surface area contributed by atoms with Crippen LogP contribution in [0, 0.1) is 0 Å². The summed E-state index contributed by atoms with van der Waals surface area (Å²) in [4.78, 5) is 8.99. The van der Waals surface area contributed by atoms with Gasteiger partial charge in [0.25, 0.3) is 0 Å². The standard InChI is InChI=1S/C16H14ClN3/c17-10-15-19-13-8-4-7-12(18)16(13)14(20-15)9-11-5-2-1-3-6-11/h1-8H,9-10,18H2. The van der Waals surface area contributed by atoms with Crippen molar-refractivity contribution in [2.45, 2.75) is 12.3 Å². The van der Waals surface area contributed by atoms with Crippen LogP contribution in [0.4, 0.5) is 5.69 Å². The lowest BCUT2D eigenvalue weighted by Crippen LogP contribution is -2.03. The molecule has 0 radical (unpaired) electrons. The number of hydrogen-bond donors (Lipinski definition) is 1. The number of halogens is 1. The van der Waals surface area contributed by atoms with Crippen LogP contribution in [0.2, 0.25) is 0 Å². The molecule has 0 aliphatic heterocycles. The van der Waals surface area contributed by atoms with Crippen LogP contribution in [0.5, 0.6) is 0 Å². The second-order valence-corrected chi connectivity index (χ2v) is 4.89. The number of rotatable bonds is 3. The number of fused-ring (bicyclic) bond motifs is 1. The fourth-order valence-electron chi connectivity index (χ4n) is 2.32. The minimum atomic E-state index is 0.298. The monoisotopic (exact) mass is 283 g/mol. The molecule has 20 heavy (non-hydrogen) atoms. The summed E-state index contributed by atoms with van der Waals surface area (Å²) in [6.07, 6.45) is 0.720. The minimum Gasteiger partial charge on any atom is -0.398 e. The van der Waals surface area contributed by atoms with Crippen molar-refractivity contribution >= 4 is 28.2 Å². The Hall–Kier alpha value is -2.13. The number of nitrogen functional groups attached to an aromatic ring is 1. The minimum absolute atomic E-state index is 0.298. The molecule has 1 heterocycles. The van der Waals surface area contributed by atoms with Gasteiger partial charge in [-0.3, -0.25) is 0 Å². The van der Waals surface area contributed by atoms with E-state index in [0.717, 1.165) is 23.0 Å². The summed E-state index contributed by atoms with van der Waals surface area (Å²) in [5.74, 6) is 0.933. The summed E-state index contributed by atoms with van der Waals surface area (Å²) < 4.78 is 0. The normalized spacial score (nSPS) is 10.8. The van der Waals surface area contributed by atoms with Gasteiger partial charge in [0.15, 0.2) is 0 Å². The Balaban J connectivity index is 2.17. The van der Waals surface area contributed by atoms with Crippen LogP contribution >= 0.6 is 11.6 Å². The van der Waals surface area contributed by atoms with E-state index in [-0.39, 0.29) is 0 Å². The first-order valence-electron chi connectivity index (χ1n) is 6.42. The largest absolute Gasteiger partial charge is 0.398 e. The predicted molar refractivity (Wildman–Crippen MR) is 82.8 cm³/mol. The summed E-state index contributed by atoms with van der Waals surface area (Å²) in [5, 5.41) is 0.921. The van der Waals surface area contributed by atoms with Crippen molar-refractivity contribution in [2.75, 3.05) is 5.73 Å². The van der Waals surface area contributed by atoms with Gasteiger partial charge in [0.05, 0.1) is 17.1 Å². The third kappa shape index (κ3) is 2.45. The van der Waals surface area contributed by atoms with E-state index in [2.05, 4.69) is 22.1 Å². The lowest BCUT2D eigenvalue weighted by Gasteiger charge is -2.09. The number of benzene rings is 2. The molecule has 0 atom stereocenters. The topological polar surface area (TPSA) is 51.8 Å². The van der Waals surface area contributed by atoms with Gasteiger partial charge in [-0.05, 0) is 17.7 Å². The number of nitrogens with zero attached hydrogens (tertiary/aromatic N) is 2. The van der Waals surface area contributed by atoms with Crippen LogP contribution < -0.4 is 5.73 Å². The second kappa shape index (κ2) is 5.47. The summed E-state index contributed by atoms with van der Waals surface area (Å²) in [6.45, 7) is 0. The highest BCUT2D eigenvalue weighted by atomic mass is 35.5. The molecule has 0 saturated carbocycles. The maximum Gasteiger partial charge on any atom is 0.144 e. The summed E-state index contributed by atoms with van der Waals surface area (Å²) in [5.41, 5.74) is 9.76. The molecule has 0 amide bonds. The van der Waals surface area contributed by atoms with Crippen molar-refractivity contribution in [3.8, 4) is 0 Å². The average molecular weight is 284 g/mol. The molecule has 3 aromatic rings. The van der Waals surface area contributed by atoms with Gasteiger partial charge >= 0.3 is 0 Å². The molecule has 3 rings (SSSR count). The zero-order valence-electron chi connectivity index (χ0n) is 10.9. The van der Waals surface area contributed by atoms with Gasteiger partial charge in [-0.1, -0.05) is 36.4 Å². The van der Waals surface area contributed by atoms with Crippen molar-refractivity contribution < 1.29 is 0 Å². The quantitative estimate of drug-likeness (QED) is 0.591. The maximum absolute atomic E-state index is 6.09. The lowest BCUT2D eigenvalue weighted by atomic mass is 10.0. The van der Waals surface area contributed by atoms with Gasteiger partial charge in [0, 0.05) is 17.5 Å². The van der Waals surface area contributed by atoms with Gasteiger partial charge < -0.3 is 5.73 Å². The molecule has 4 heteroatoms. The fourth-order valence-corrected chi connectivity index (χ4v) is 2.44. The first-order valence-corrected chi connectivity index (χ1v) is 6.95. The Kier molecular flexibility index (Phi) is 3.52. The zero-order valence-corrected chi connectivity index (χ0v) is 11.6. The smallest absolute Gasteiger partial charge is 0.144 e. The number of aromatic nitrogens is 2. The third-order valence-electron chi connectivity index (χ3n) is 3.21. The van der Waals surface area contributed by atoms with Gasteiger partial charge in [0.1, 0.15) is 5.82 Å². The Labute approximate surface area is 122 Å². The molecule has 0 fully saturated rings. The zero-order chi connectivity index (χ0) is 13.9. The van der Waals surface area contributed by atoms with Crippen LogP contribution in [0.15, 0.2) is 48.5 Å². The Morgan fingerprint density at radius 3 is 2.50 bits per heavy atom. The molecular formula is C16H14ClN3. The molecule has 0 aliphatic rings. The maximum atomic E-state index is 6.09. The third-order valence-corrected chi connectivity index (χ3v) is 3.45. The molecule has 3 nitrogen and oxygen atoms in total. The number of hydrogen-bond acceptors (Lipinski definition) is 3. The van der Waals surface area contributed by atoms with Crippen LogP contribution in [0.3, 0.4) is 0 Å². The Morgan fingerprint density at radius 2 is 1.75 bits per heavy atom. The lowest BCUT2D eigenvalue weighted by molar-refractivity contribution is 0.988. The van der Waals surface area contributed by atoms with E-state index >= 15 is 0 Å². The van der Waals surface area contributed by atoms with E-state index in [9.17, 15) is 0 Å². The summed E-state index contributed by atoms with van der Waals surface area (Å²) >= 11 is 5.89. The second-order valence-electron chi connectivity index (χ2n) is 4.62. The molecule has 0 spiro atoms. The molecule has 100 valence electrons. The molecule has 1 aromatic heterocycles. The highest BCUT2D eigenvalue weighted by molar-refractivity contribution is 6.16. The van der Waals surface area contributed by atoms with Gasteiger partial charge in [-0.25, -0.2) is 9.97 Å². The van der Waals surface area contributed by atoms with E-state index in [1.165, 1.54) is 5.56 Å². The van der Waals surface area contributed by atoms with E-state index in [0.29, 0.717) is 17.4 Å². The number of anilines is 1. The van der Waals surface area contributed by atoms with Crippen molar-refractivity contribution in [1.82, 2.24) is 9.97 Å². The number of alkyl halides is 1. The highest BCUT2D eigenvalue weighted by Gasteiger charge is 2.10. The SMILES string of the molecule is Nc1cccc2nc(CCl)nc(Cc3ccccc3)c12. The van der Waals surface area contributed by atoms with Crippen LogP contribution in [0.1, 0.15) is 17.1 Å². The first-order chi connectivity index (χ1) is 9.78. The van der Waals surface area contributed by atoms with Gasteiger partial charge in [-0.15, -0.1) is 11.6 Å². The van der Waals surface area contributed by atoms with E-state index in [4.69, 9.17) is 17.3 Å². The van der Waals surface area contributed by atoms with E-state index < -0.39 is 0 Å². The first kappa shape index (κ1) is 12.9. The molecule has 0 unspecified atom stereocenters. The van der Waals surface area contributed by atoms with Crippen molar-refractivity contribution in [2.24, 2.45) is 0 Å². The Morgan fingerprint density at radius 1 is 0.950 bits per heavy atom. The molecular weight excluding hydrogens is 270 g/mol. The van der Waals surface area contributed by atoms with Crippen molar-refractivity contribution in [3.63, 3.8) is 0 Å². The number of nitrogens with two attached hydrogens (primary N) is 1. The highest BCUT2D eigenvalue weighted by Crippen LogP contribution is 2.24. The van der Waals surface area contributed by atoms with Gasteiger partial charge in [0.2, 0.25) is 0 Å². The molecule has 0 bridgehead atoms. The predicted octanol–water partition coefficient (Wildman–Crippen LogP) is 3.54. The molecule has 2 N–H and O–H groups in total. The van der Waals surface area contributed by atoms with Crippen LogP contribution in [0.25, 0.3) is 10.9 Å². The fraction of sp³-hybridized carbons (Fsp3) is 0.125. The van der Waals surface area contributed by atoms with Crippen LogP contribution in [-0.4, -0.2) is 9.97 Å². The Bertz CT molecular complexity index is 741. The van der Waals surface area contributed by atoms with Crippen molar-refractivity contribution in [3.05, 3.63) is 65.6 Å². The van der Waals surface area contributed by atoms with Gasteiger partial charge in [-0.2, -0.15) is 0 Å². The average Bonchev–Trinajstić information content (AvgIpc) is 2.48. The summed E-state index contributed by atoms with van der Waals surface area (Å²) in [6, 6.07) is 15.9. The van der Waals surface area contributed by atoms with E-state index in [1.807, 2.05) is 36.4 Å². The van der Waals surface area contributed by atoms with Crippen LogP contribution in [-0.2, 0) is 12.3 Å². The van der Waals surface area contributed by atoms with Crippen molar-refractivity contribution in [1.29, 1.82) is 0 Å². The van der Waals surface area contributed by atoms with E-state index in [1.54, 1.807) is 0 Å².